The molecule has 1 aromatic rings. The number of hydrogen-bond acceptors (Lipinski definition) is 7. The predicted molar refractivity (Wildman–Crippen MR) is 69.5 cm³/mol. The molecule has 1 heterocycles. The summed E-state index contributed by atoms with van der Waals surface area (Å²) in [4.78, 5) is 22.5. The third-order valence-electron chi connectivity index (χ3n) is 2.03. The van der Waals surface area contributed by atoms with E-state index in [0.717, 1.165) is 17.2 Å². The molecule has 0 bridgehead atoms. The molecule has 0 atom stereocenters. The van der Waals surface area contributed by atoms with Crippen molar-refractivity contribution < 1.29 is 18.0 Å². The molecule has 0 saturated carbocycles. The summed E-state index contributed by atoms with van der Waals surface area (Å²) in [6, 6.07) is 0. The minimum absolute atomic E-state index is 0.171. The van der Waals surface area contributed by atoms with Crippen LogP contribution in [-0.4, -0.2) is 45.2 Å². The summed E-state index contributed by atoms with van der Waals surface area (Å²) in [6.45, 7) is 2.55. The summed E-state index contributed by atoms with van der Waals surface area (Å²) < 4.78 is 22.0. The number of aromatic nitrogens is 1. The Kier molecular flexibility index (Phi) is 7.42. The summed E-state index contributed by atoms with van der Waals surface area (Å²) in [7, 11) is -1.03. The molecule has 0 aliphatic heterocycles. The molecule has 102 valence electrons. The van der Waals surface area contributed by atoms with E-state index in [2.05, 4.69) is 11.9 Å². The van der Waals surface area contributed by atoms with Crippen LogP contribution in [0.4, 0.5) is 5.13 Å². The molecule has 6 nitrogen and oxygen atoms in total. The van der Waals surface area contributed by atoms with E-state index in [0.29, 0.717) is 6.54 Å². The summed E-state index contributed by atoms with van der Waals surface area (Å²) >= 11 is 1.55. The van der Waals surface area contributed by atoms with Gasteiger partial charge in [-0.05, 0) is 6.42 Å². The van der Waals surface area contributed by atoms with Crippen LogP contribution in [0, 0.1) is 0 Å². The third kappa shape index (κ3) is 7.16. The van der Waals surface area contributed by atoms with Crippen LogP contribution < -0.4 is 4.90 Å². The van der Waals surface area contributed by atoms with Gasteiger partial charge in [-0.1, -0.05) is 6.92 Å². The number of aryl methyl sites for hydroxylation is 1. The molecule has 1 rings (SSSR count). The Balaban J connectivity index is 0.000000873. The van der Waals surface area contributed by atoms with E-state index in [4.69, 9.17) is 9.59 Å². The highest BCUT2D eigenvalue weighted by molar-refractivity contribution is 7.90. The predicted octanol–water partition coefficient (Wildman–Crippen LogP) is 0.603. The Bertz CT molecular complexity index is 490. The maximum absolute atomic E-state index is 11.0. The molecule has 0 N–H and O–H groups in total. The lowest BCUT2D eigenvalue weighted by atomic mass is 10.4. The van der Waals surface area contributed by atoms with Gasteiger partial charge in [0.1, 0.15) is 9.84 Å². The first-order valence-electron chi connectivity index (χ1n) is 5.16. The third-order valence-corrected chi connectivity index (χ3v) is 3.95. The van der Waals surface area contributed by atoms with Crippen LogP contribution in [0.2, 0.25) is 0 Å². The molecule has 8 heteroatoms. The fraction of sp³-hybridized carbons (Fsp3) is 0.600. The van der Waals surface area contributed by atoms with Crippen molar-refractivity contribution in [3.05, 3.63) is 11.1 Å². The Hall–Kier alpha value is -1.24. The van der Waals surface area contributed by atoms with Crippen LogP contribution in [-0.2, 0) is 25.8 Å². The zero-order valence-corrected chi connectivity index (χ0v) is 12.2. The van der Waals surface area contributed by atoms with E-state index in [-0.39, 0.29) is 11.9 Å². The first-order chi connectivity index (χ1) is 8.34. The second kappa shape index (κ2) is 7.97. The number of rotatable bonds is 5. The van der Waals surface area contributed by atoms with Gasteiger partial charge in [-0.15, -0.1) is 11.3 Å². The first kappa shape index (κ1) is 16.8. The Labute approximate surface area is 111 Å². The summed E-state index contributed by atoms with van der Waals surface area (Å²) in [6.07, 6.45) is 2.41. The van der Waals surface area contributed by atoms with Gasteiger partial charge in [0.25, 0.3) is 0 Å². The van der Waals surface area contributed by atoms with Crippen LogP contribution in [0.1, 0.15) is 12.6 Å². The second-order valence-electron chi connectivity index (χ2n) is 3.61. The number of carbonyl (C=O) groups excluding carboxylic acids is 2. The number of anilines is 1. The minimum atomic E-state index is -2.89. The molecule has 1 aromatic heterocycles. The SMILES string of the molecule is CCc1csc(N(C)CCS(C)(=O)=O)n1.O=C=O. The lowest BCUT2D eigenvalue weighted by Crippen LogP contribution is -2.24. The molecule has 0 aliphatic carbocycles. The lowest BCUT2D eigenvalue weighted by Gasteiger charge is -2.14. The number of thiazole rings is 1. The van der Waals surface area contributed by atoms with Gasteiger partial charge in [0.15, 0.2) is 5.13 Å². The van der Waals surface area contributed by atoms with Gasteiger partial charge >= 0.3 is 6.15 Å². The zero-order chi connectivity index (χ0) is 14.2. The van der Waals surface area contributed by atoms with Crippen molar-refractivity contribution in [2.75, 3.05) is 30.5 Å². The molecule has 0 fully saturated rings. The minimum Gasteiger partial charge on any atom is -0.350 e. The lowest BCUT2D eigenvalue weighted by molar-refractivity contribution is -0.191. The van der Waals surface area contributed by atoms with Crippen LogP contribution in [0.15, 0.2) is 5.38 Å². The van der Waals surface area contributed by atoms with Gasteiger partial charge in [-0.25, -0.2) is 13.4 Å². The average Bonchev–Trinajstić information content (AvgIpc) is 2.74. The standard InChI is InChI=1S/C9H16N2O2S2.CO2/c1-4-8-7-14-9(10-8)11(2)5-6-15(3,12)13;2-1-3/h7H,4-6H2,1-3H3;. The van der Waals surface area contributed by atoms with Crippen LogP contribution >= 0.6 is 11.3 Å². The van der Waals surface area contributed by atoms with E-state index in [9.17, 15) is 8.42 Å². The molecular formula is C10H16N2O4S2. The van der Waals surface area contributed by atoms with Crippen LogP contribution in [0.3, 0.4) is 0 Å². The van der Waals surface area contributed by atoms with Gasteiger partial charge in [0, 0.05) is 25.2 Å². The molecule has 0 spiro atoms. The highest BCUT2D eigenvalue weighted by Crippen LogP contribution is 2.19. The molecule has 18 heavy (non-hydrogen) atoms. The second-order valence-corrected chi connectivity index (χ2v) is 6.71. The Morgan fingerprint density at radius 3 is 2.39 bits per heavy atom. The maximum Gasteiger partial charge on any atom is 0.373 e. The summed E-state index contributed by atoms with van der Waals surface area (Å²) in [5.41, 5.74) is 1.06. The van der Waals surface area contributed by atoms with Crippen molar-refractivity contribution in [2.45, 2.75) is 13.3 Å². The van der Waals surface area contributed by atoms with Crippen molar-refractivity contribution >= 4 is 32.5 Å². The molecular weight excluding hydrogens is 276 g/mol. The summed E-state index contributed by atoms with van der Waals surface area (Å²) in [5, 5.41) is 2.89. The van der Waals surface area contributed by atoms with E-state index >= 15 is 0 Å². The fourth-order valence-electron chi connectivity index (χ4n) is 1.03. The average molecular weight is 292 g/mol. The molecule has 0 saturated heterocycles. The molecule has 0 amide bonds. The highest BCUT2D eigenvalue weighted by atomic mass is 32.2. The van der Waals surface area contributed by atoms with Gasteiger partial charge in [-0.2, -0.15) is 9.59 Å². The number of sulfone groups is 1. The van der Waals surface area contributed by atoms with Gasteiger partial charge in [0.05, 0.1) is 11.4 Å². The van der Waals surface area contributed by atoms with Gasteiger partial charge in [-0.3, -0.25) is 0 Å². The van der Waals surface area contributed by atoms with E-state index in [1.807, 2.05) is 17.3 Å². The molecule has 0 radical (unpaired) electrons. The van der Waals surface area contributed by atoms with E-state index < -0.39 is 9.84 Å². The molecule has 0 unspecified atom stereocenters. The van der Waals surface area contributed by atoms with Crippen molar-refractivity contribution in [1.82, 2.24) is 4.98 Å². The van der Waals surface area contributed by atoms with Crippen LogP contribution in [0.25, 0.3) is 0 Å². The number of nitrogens with zero attached hydrogens (tertiary/aromatic N) is 2. The van der Waals surface area contributed by atoms with E-state index in [1.54, 1.807) is 11.3 Å². The monoisotopic (exact) mass is 292 g/mol. The Morgan fingerprint density at radius 2 is 2.00 bits per heavy atom. The summed E-state index contributed by atoms with van der Waals surface area (Å²) in [5.74, 6) is 0.171. The normalized spacial score (nSPS) is 10.2. The first-order valence-corrected chi connectivity index (χ1v) is 8.10. The smallest absolute Gasteiger partial charge is 0.350 e. The molecule has 0 aliphatic rings. The Morgan fingerprint density at radius 1 is 1.44 bits per heavy atom. The van der Waals surface area contributed by atoms with Crippen molar-refractivity contribution in [3.8, 4) is 0 Å². The quantitative estimate of drug-likeness (QED) is 0.790. The fourth-order valence-corrected chi connectivity index (χ4v) is 2.54. The highest BCUT2D eigenvalue weighted by Gasteiger charge is 2.09. The van der Waals surface area contributed by atoms with Crippen molar-refractivity contribution in [2.24, 2.45) is 0 Å². The topological polar surface area (TPSA) is 84.4 Å². The van der Waals surface area contributed by atoms with Crippen LogP contribution in [0.5, 0.6) is 0 Å². The van der Waals surface area contributed by atoms with Crippen molar-refractivity contribution in [3.63, 3.8) is 0 Å². The van der Waals surface area contributed by atoms with Crippen molar-refractivity contribution in [1.29, 1.82) is 0 Å². The van der Waals surface area contributed by atoms with Gasteiger partial charge < -0.3 is 4.90 Å². The zero-order valence-electron chi connectivity index (χ0n) is 10.5. The number of hydrogen-bond donors (Lipinski definition) is 0. The maximum atomic E-state index is 11.0. The van der Waals surface area contributed by atoms with Gasteiger partial charge in [0.2, 0.25) is 0 Å². The van der Waals surface area contributed by atoms with E-state index in [1.165, 1.54) is 6.26 Å². The molecule has 0 aromatic carbocycles. The largest absolute Gasteiger partial charge is 0.373 e.